The van der Waals surface area contributed by atoms with E-state index in [1.807, 2.05) is 0 Å². The lowest BCUT2D eigenvalue weighted by Gasteiger charge is -2.16. The topological polar surface area (TPSA) is 43.4 Å². The van der Waals surface area contributed by atoms with Crippen LogP contribution >= 0.6 is 0 Å². The number of rotatable bonds is 16. The zero-order chi connectivity index (χ0) is 18.0. The molecule has 0 aliphatic rings. The number of ketones is 1. The van der Waals surface area contributed by atoms with E-state index < -0.39 is 0 Å². The standard InChI is InChI=1S/C21H38O3/c1-4-5-17-21(24-20(3)23)18-15-13-11-9-7-6-8-10-12-14-16-19(2)22/h8,10,21H,4-7,9,11-18H2,1-3H3. The first kappa shape index (κ1) is 22.9. The summed E-state index contributed by atoms with van der Waals surface area (Å²) >= 11 is 0. The number of ether oxygens (including phenoxy) is 1. The third-order valence-electron chi connectivity index (χ3n) is 4.18. The predicted octanol–water partition coefficient (Wildman–Crippen LogP) is 6.15. The summed E-state index contributed by atoms with van der Waals surface area (Å²) in [7, 11) is 0. The van der Waals surface area contributed by atoms with Crippen molar-refractivity contribution in [3.05, 3.63) is 12.2 Å². The van der Waals surface area contributed by atoms with Gasteiger partial charge in [0.1, 0.15) is 11.9 Å². The van der Waals surface area contributed by atoms with Gasteiger partial charge in [0.25, 0.3) is 0 Å². The van der Waals surface area contributed by atoms with Crippen LogP contribution in [0.3, 0.4) is 0 Å². The maximum atomic E-state index is 11.1. The highest BCUT2D eigenvalue weighted by Crippen LogP contribution is 2.15. The van der Waals surface area contributed by atoms with Crippen LogP contribution < -0.4 is 0 Å². The van der Waals surface area contributed by atoms with Crippen molar-refractivity contribution in [2.45, 2.75) is 110 Å². The fourth-order valence-corrected chi connectivity index (χ4v) is 2.80. The summed E-state index contributed by atoms with van der Waals surface area (Å²) in [6, 6.07) is 0. The Labute approximate surface area is 149 Å². The number of hydrogen-bond donors (Lipinski definition) is 0. The van der Waals surface area contributed by atoms with Crippen LogP contribution in [-0.4, -0.2) is 17.9 Å². The van der Waals surface area contributed by atoms with Crippen LogP contribution in [0.5, 0.6) is 0 Å². The summed E-state index contributed by atoms with van der Waals surface area (Å²) in [6.07, 6.45) is 18.9. The number of carbonyl (C=O) groups is 2. The number of Topliss-reactive ketones (excluding diaryl/α,β-unsaturated/α-hetero) is 1. The predicted molar refractivity (Wildman–Crippen MR) is 101 cm³/mol. The summed E-state index contributed by atoms with van der Waals surface area (Å²) in [6.45, 7) is 5.33. The molecule has 0 saturated heterocycles. The Morgan fingerprint density at radius 2 is 1.42 bits per heavy atom. The molecule has 24 heavy (non-hydrogen) atoms. The Morgan fingerprint density at radius 1 is 0.833 bits per heavy atom. The van der Waals surface area contributed by atoms with Gasteiger partial charge in [-0.3, -0.25) is 4.79 Å². The van der Waals surface area contributed by atoms with E-state index in [-0.39, 0.29) is 17.9 Å². The first-order valence-corrected chi connectivity index (χ1v) is 9.88. The molecule has 0 aliphatic carbocycles. The van der Waals surface area contributed by atoms with Gasteiger partial charge in [0.2, 0.25) is 0 Å². The Bertz CT molecular complexity index is 347. The van der Waals surface area contributed by atoms with Crippen molar-refractivity contribution >= 4 is 11.8 Å². The molecule has 0 aromatic heterocycles. The zero-order valence-electron chi connectivity index (χ0n) is 16.1. The van der Waals surface area contributed by atoms with Gasteiger partial charge in [0.05, 0.1) is 0 Å². The molecule has 0 aliphatic heterocycles. The molecule has 0 aromatic rings. The molecule has 0 radical (unpaired) electrons. The average molecular weight is 339 g/mol. The largest absolute Gasteiger partial charge is 0.463 e. The van der Waals surface area contributed by atoms with Crippen LogP contribution in [-0.2, 0) is 14.3 Å². The summed E-state index contributed by atoms with van der Waals surface area (Å²) in [5.41, 5.74) is 0. The maximum Gasteiger partial charge on any atom is 0.302 e. The lowest BCUT2D eigenvalue weighted by Crippen LogP contribution is -2.16. The monoisotopic (exact) mass is 338 g/mol. The fourth-order valence-electron chi connectivity index (χ4n) is 2.80. The summed E-state index contributed by atoms with van der Waals surface area (Å²) in [5.74, 6) is 0.139. The average Bonchev–Trinajstić information content (AvgIpc) is 2.52. The lowest BCUT2D eigenvalue weighted by molar-refractivity contribution is -0.147. The lowest BCUT2D eigenvalue weighted by atomic mass is 10.0. The number of esters is 1. The highest BCUT2D eigenvalue weighted by Gasteiger charge is 2.10. The highest BCUT2D eigenvalue weighted by molar-refractivity contribution is 5.75. The van der Waals surface area contributed by atoms with E-state index in [9.17, 15) is 9.59 Å². The summed E-state index contributed by atoms with van der Waals surface area (Å²) in [4.78, 5) is 21.9. The Balaban J connectivity index is 3.48. The minimum absolute atomic E-state index is 0.125. The SMILES string of the molecule is CCCCC(CCCCCCCC=CCCCC(C)=O)OC(C)=O. The third kappa shape index (κ3) is 17.2. The molecule has 0 spiro atoms. The van der Waals surface area contributed by atoms with Gasteiger partial charge in [0, 0.05) is 13.3 Å². The van der Waals surface area contributed by atoms with Crippen molar-refractivity contribution in [1.82, 2.24) is 0 Å². The van der Waals surface area contributed by atoms with Crippen LogP contribution in [0.15, 0.2) is 12.2 Å². The van der Waals surface area contributed by atoms with Gasteiger partial charge >= 0.3 is 5.97 Å². The smallest absolute Gasteiger partial charge is 0.302 e. The second-order valence-electron chi connectivity index (χ2n) is 6.78. The molecule has 0 heterocycles. The van der Waals surface area contributed by atoms with Gasteiger partial charge in [0.15, 0.2) is 0 Å². The number of allylic oxidation sites excluding steroid dienone is 2. The van der Waals surface area contributed by atoms with Gasteiger partial charge < -0.3 is 9.53 Å². The first-order chi connectivity index (χ1) is 11.6. The first-order valence-electron chi connectivity index (χ1n) is 9.88. The van der Waals surface area contributed by atoms with E-state index in [1.165, 1.54) is 32.6 Å². The summed E-state index contributed by atoms with van der Waals surface area (Å²) < 4.78 is 5.39. The zero-order valence-corrected chi connectivity index (χ0v) is 16.1. The molecule has 3 nitrogen and oxygen atoms in total. The third-order valence-corrected chi connectivity index (χ3v) is 4.18. The van der Waals surface area contributed by atoms with Crippen molar-refractivity contribution in [3.63, 3.8) is 0 Å². The number of carbonyl (C=O) groups excluding carboxylic acids is 2. The van der Waals surface area contributed by atoms with Crippen molar-refractivity contribution in [1.29, 1.82) is 0 Å². The van der Waals surface area contributed by atoms with E-state index in [4.69, 9.17) is 4.74 Å². The minimum atomic E-state index is -0.147. The maximum absolute atomic E-state index is 11.1. The quantitative estimate of drug-likeness (QED) is 0.192. The molecule has 0 amide bonds. The van der Waals surface area contributed by atoms with E-state index in [0.717, 1.165) is 51.4 Å². The molecule has 140 valence electrons. The Hall–Kier alpha value is -1.12. The second-order valence-corrected chi connectivity index (χ2v) is 6.78. The van der Waals surface area contributed by atoms with Crippen molar-refractivity contribution in [2.75, 3.05) is 0 Å². The van der Waals surface area contributed by atoms with E-state index in [0.29, 0.717) is 6.42 Å². The molecule has 1 unspecified atom stereocenters. The van der Waals surface area contributed by atoms with Crippen molar-refractivity contribution < 1.29 is 14.3 Å². The van der Waals surface area contributed by atoms with Crippen molar-refractivity contribution in [2.24, 2.45) is 0 Å². The van der Waals surface area contributed by atoms with Gasteiger partial charge in [-0.2, -0.15) is 0 Å². The molecule has 3 heteroatoms. The molecule has 1 atom stereocenters. The van der Waals surface area contributed by atoms with Crippen LogP contribution in [0.25, 0.3) is 0 Å². The fraction of sp³-hybridized carbons (Fsp3) is 0.810. The van der Waals surface area contributed by atoms with Gasteiger partial charge in [-0.25, -0.2) is 0 Å². The van der Waals surface area contributed by atoms with E-state index >= 15 is 0 Å². The number of hydrogen-bond acceptors (Lipinski definition) is 3. The molecule has 0 N–H and O–H groups in total. The molecular weight excluding hydrogens is 300 g/mol. The Kier molecular flexibility index (Phi) is 15.9. The van der Waals surface area contributed by atoms with Crippen LogP contribution in [0.4, 0.5) is 0 Å². The van der Waals surface area contributed by atoms with Gasteiger partial charge in [-0.05, 0) is 51.9 Å². The van der Waals surface area contributed by atoms with Gasteiger partial charge in [-0.1, -0.05) is 51.2 Å². The van der Waals surface area contributed by atoms with Crippen LogP contribution in [0.1, 0.15) is 104 Å². The van der Waals surface area contributed by atoms with Crippen LogP contribution in [0, 0.1) is 0 Å². The molecule has 0 aromatic carbocycles. The molecular formula is C21H38O3. The second kappa shape index (κ2) is 16.7. The van der Waals surface area contributed by atoms with E-state index in [1.54, 1.807) is 6.92 Å². The molecule has 0 saturated carbocycles. The molecule has 0 fully saturated rings. The van der Waals surface area contributed by atoms with Crippen LogP contribution in [0.2, 0.25) is 0 Å². The van der Waals surface area contributed by atoms with Gasteiger partial charge in [-0.15, -0.1) is 0 Å². The molecule has 0 rings (SSSR count). The molecule has 0 bridgehead atoms. The van der Waals surface area contributed by atoms with Crippen molar-refractivity contribution in [3.8, 4) is 0 Å². The van der Waals surface area contributed by atoms with E-state index in [2.05, 4.69) is 19.1 Å². The normalized spacial score (nSPS) is 12.5. The number of unbranched alkanes of at least 4 members (excludes halogenated alkanes) is 7. The minimum Gasteiger partial charge on any atom is -0.463 e. The highest BCUT2D eigenvalue weighted by atomic mass is 16.5. The Morgan fingerprint density at radius 3 is 2.04 bits per heavy atom. The summed E-state index contributed by atoms with van der Waals surface area (Å²) in [5, 5.41) is 0.